The molecule has 1 aliphatic heterocycles. The Balaban J connectivity index is 1.86. The molecule has 0 amide bonds. The van der Waals surface area contributed by atoms with Crippen molar-refractivity contribution in [1.82, 2.24) is 14.3 Å². The molecule has 0 saturated carbocycles. The molecule has 2 N–H and O–H groups in total. The van der Waals surface area contributed by atoms with E-state index in [2.05, 4.69) is 10.0 Å². The lowest BCUT2D eigenvalue weighted by Gasteiger charge is -2.31. The Hall–Kier alpha value is -0.950. The number of rotatable bonds is 6. The molecule has 1 aromatic rings. The first-order chi connectivity index (χ1) is 10.0. The summed E-state index contributed by atoms with van der Waals surface area (Å²) in [5.41, 5.74) is 2.16. The van der Waals surface area contributed by atoms with Gasteiger partial charge in [0.2, 0.25) is 0 Å². The van der Waals surface area contributed by atoms with Gasteiger partial charge in [-0.1, -0.05) is 29.8 Å². The van der Waals surface area contributed by atoms with Crippen LogP contribution in [-0.2, 0) is 16.8 Å². The summed E-state index contributed by atoms with van der Waals surface area (Å²) < 4.78 is 28.8. The van der Waals surface area contributed by atoms with Crippen molar-refractivity contribution in [3.63, 3.8) is 0 Å². The first-order valence-electron chi connectivity index (χ1n) is 7.46. The van der Waals surface area contributed by atoms with Gasteiger partial charge in [0.25, 0.3) is 10.2 Å². The van der Waals surface area contributed by atoms with E-state index in [1.54, 1.807) is 4.31 Å². The summed E-state index contributed by atoms with van der Waals surface area (Å²) in [6.07, 6.45) is 1.85. The van der Waals surface area contributed by atoms with Crippen molar-refractivity contribution in [1.29, 1.82) is 0 Å². The van der Waals surface area contributed by atoms with Gasteiger partial charge in [0, 0.05) is 19.6 Å². The SMILES string of the molecule is CNCC1CCN(S(=O)(=O)NCc2ccc(C)cc2)CC1. The fraction of sp³-hybridized carbons (Fsp3) is 0.600. The van der Waals surface area contributed by atoms with Crippen LogP contribution < -0.4 is 10.0 Å². The molecular weight excluding hydrogens is 286 g/mol. The molecule has 5 nitrogen and oxygen atoms in total. The van der Waals surface area contributed by atoms with Gasteiger partial charge in [-0.25, -0.2) is 0 Å². The van der Waals surface area contributed by atoms with Gasteiger partial charge < -0.3 is 5.32 Å². The Bertz CT molecular complexity index is 535. The second kappa shape index (κ2) is 7.35. The quantitative estimate of drug-likeness (QED) is 0.831. The number of aryl methyl sites for hydroxylation is 1. The molecule has 1 heterocycles. The zero-order valence-corrected chi connectivity index (χ0v) is 13.6. The van der Waals surface area contributed by atoms with Gasteiger partial charge in [0.05, 0.1) is 0 Å². The van der Waals surface area contributed by atoms with Crippen molar-refractivity contribution < 1.29 is 8.42 Å². The van der Waals surface area contributed by atoms with Gasteiger partial charge >= 0.3 is 0 Å². The minimum atomic E-state index is -3.37. The van der Waals surface area contributed by atoms with Crippen LogP contribution in [0.5, 0.6) is 0 Å². The van der Waals surface area contributed by atoms with Crippen LogP contribution in [0.3, 0.4) is 0 Å². The minimum Gasteiger partial charge on any atom is -0.319 e. The average molecular weight is 311 g/mol. The maximum Gasteiger partial charge on any atom is 0.279 e. The van der Waals surface area contributed by atoms with Crippen LogP contribution in [0.1, 0.15) is 24.0 Å². The number of nitrogens with zero attached hydrogens (tertiary/aromatic N) is 1. The summed E-state index contributed by atoms with van der Waals surface area (Å²) in [5.74, 6) is 0.582. The molecule has 0 bridgehead atoms. The third-order valence-electron chi connectivity index (χ3n) is 3.99. The summed E-state index contributed by atoms with van der Waals surface area (Å²) in [4.78, 5) is 0. The van der Waals surface area contributed by atoms with Gasteiger partial charge in [-0.15, -0.1) is 0 Å². The van der Waals surface area contributed by atoms with Crippen LogP contribution in [-0.4, -0.2) is 39.4 Å². The van der Waals surface area contributed by atoms with Crippen molar-refractivity contribution in [3.05, 3.63) is 35.4 Å². The second-order valence-corrected chi connectivity index (χ2v) is 7.47. The van der Waals surface area contributed by atoms with Crippen molar-refractivity contribution >= 4 is 10.2 Å². The third kappa shape index (κ3) is 4.78. The molecule has 1 saturated heterocycles. The zero-order chi connectivity index (χ0) is 15.3. The van der Waals surface area contributed by atoms with Gasteiger partial charge in [0.1, 0.15) is 0 Å². The predicted molar refractivity (Wildman–Crippen MR) is 85.2 cm³/mol. The Morgan fingerprint density at radius 2 is 1.81 bits per heavy atom. The van der Waals surface area contributed by atoms with E-state index in [1.165, 1.54) is 5.56 Å². The van der Waals surface area contributed by atoms with Gasteiger partial charge in [-0.2, -0.15) is 17.4 Å². The van der Waals surface area contributed by atoms with Crippen molar-refractivity contribution in [2.75, 3.05) is 26.7 Å². The molecule has 0 aromatic heterocycles. The molecule has 21 heavy (non-hydrogen) atoms. The third-order valence-corrected chi connectivity index (χ3v) is 5.54. The number of benzene rings is 1. The molecule has 0 aliphatic carbocycles. The Morgan fingerprint density at radius 1 is 1.19 bits per heavy atom. The summed E-state index contributed by atoms with van der Waals surface area (Å²) in [5, 5.41) is 3.16. The minimum absolute atomic E-state index is 0.346. The van der Waals surface area contributed by atoms with E-state index < -0.39 is 10.2 Å². The van der Waals surface area contributed by atoms with E-state index in [0.29, 0.717) is 25.6 Å². The normalized spacial score (nSPS) is 18.0. The maximum atomic E-state index is 12.3. The highest BCUT2D eigenvalue weighted by molar-refractivity contribution is 7.87. The van der Waals surface area contributed by atoms with Crippen LogP contribution in [0.2, 0.25) is 0 Å². The number of nitrogens with one attached hydrogen (secondary N) is 2. The van der Waals surface area contributed by atoms with Gasteiger partial charge in [-0.3, -0.25) is 0 Å². The number of piperidine rings is 1. The van der Waals surface area contributed by atoms with E-state index in [9.17, 15) is 8.42 Å². The summed E-state index contributed by atoms with van der Waals surface area (Å²) in [6.45, 7) is 4.54. The summed E-state index contributed by atoms with van der Waals surface area (Å²) >= 11 is 0. The molecule has 1 fully saturated rings. The lowest BCUT2D eigenvalue weighted by Crippen LogP contribution is -2.45. The molecule has 0 atom stereocenters. The van der Waals surface area contributed by atoms with Crippen molar-refractivity contribution in [3.8, 4) is 0 Å². The van der Waals surface area contributed by atoms with E-state index in [0.717, 1.165) is 24.9 Å². The van der Waals surface area contributed by atoms with E-state index >= 15 is 0 Å². The van der Waals surface area contributed by atoms with Crippen molar-refractivity contribution in [2.24, 2.45) is 5.92 Å². The first-order valence-corrected chi connectivity index (χ1v) is 8.90. The lowest BCUT2D eigenvalue weighted by atomic mass is 9.98. The van der Waals surface area contributed by atoms with Crippen LogP contribution in [0.25, 0.3) is 0 Å². The fourth-order valence-electron chi connectivity index (χ4n) is 2.61. The highest BCUT2D eigenvalue weighted by Gasteiger charge is 2.27. The molecular formula is C15H25N3O2S. The summed E-state index contributed by atoms with van der Waals surface area (Å²) in [7, 11) is -1.43. The average Bonchev–Trinajstić information content (AvgIpc) is 2.48. The van der Waals surface area contributed by atoms with Crippen LogP contribution in [0.4, 0.5) is 0 Å². The predicted octanol–water partition coefficient (Wildman–Crippen LogP) is 1.26. The standard InChI is InChI=1S/C15H25N3O2S/c1-13-3-5-14(6-4-13)12-17-21(19,20)18-9-7-15(8-10-18)11-16-2/h3-6,15-17H,7-12H2,1-2H3. The molecule has 0 spiro atoms. The molecule has 6 heteroatoms. The maximum absolute atomic E-state index is 12.3. The first kappa shape index (κ1) is 16.4. The smallest absolute Gasteiger partial charge is 0.279 e. The fourth-order valence-corrected chi connectivity index (χ4v) is 3.84. The molecule has 118 valence electrons. The molecule has 0 radical (unpaired) electrons. The van der Waals surface area contributed by atoms with Gasteiger partial charge in [0.15, 0.2) is 0 Å². The van der Waals surface area contributed by atoms with Crippen LogP contribution >= 0.6 is 0 Å². The lowest BCUT2D eigenvalue weighted by molar-refractivity contribution is 0.268. The number of hydrogen-bond donors (Lipinski definition) is 2. The van der Waals surface area contributed by atoms with E-state index in [-0.39, 0.29) is 0 Å². The van der Waals surface area contributed by atoms with Gasteiger partial charge in [-0.05, 0) is 44.8 Å². The molecule has 1 aromatic carbocycles. The van der Waals surface area contributed by atoms with E-state index in [4.69, 9.17) is 0 Å². The van der Waals surface area contributed by atoms with E-state index in [1.807, 2.05) is 38.2 Å². The zero-order valence-electron chi connectivity index (χ0n) is 12.8. The molecule has 1 aliphatic rings. The topological polar surface area (TPSA) is 61.4 Å². The Kier molecular flexibility index (Phi) is 5.75. The Labute approximate surface area is 127 Å². The largest absolute Gasteiger partial charge is 0.319 e. The highest BCUT2D eigenvalue weighted by Crippen LogP contribution is 2.18. The molecule has 2 rings (SSSR count). The number of hydrogen-bond acceptors (Lipinski definition) is 3. The molecule has 0 unspecified atom stereocenters. The summed E-state index contributed by atoms with van der Waals surface area (Å²) in [6, 6.07) is 7.90. The van der Waals surface area contributed by atoms with Crippen molar-refractivity contribution in [2.45, 2.75) is 26.3 Å². The highest BCUT2D eigenvalue weighted by atomic mass is 32.2. The Morgan fingerprint density at radius 3 is 2.38 bits per heavy atom. The van der Waals surface area contributed by atoms with Crippen LogP contribution in [0.15, 0.2) is 24.3 Å². The monoisotopic (exact) mass is 311 g/mol. The second-order valence-electron chi connectivity index (χ2n) is 5.71. The van der Waals surface area contributed by atoms with Crippen LogP contribution in [0, 0.1) is 12.8 Å².